The number of nitrogens with one attached hydrogen (secondary N) is 1. The van der Waals surface area contributed by atoms with Crippen molar-refractivity contribution in [1.82, 2.24) is 0 Å². The van der Waals surface area contributed by atoms with Gasteiger partial charge in [-0.25, -0.2) is 8.42 Å². The molecule has 5 aromatic rings. The summed E-state index contributed by atoms with van der Waals surface area (Å²) in [5.74, 6) is -0.397. The van der Waals surface area contributed by atoms with Crippen LogP contribution in [0.25, 0.3) is 0 Å². The van der Waals surface area contributed by atoms with E-state index in [1.807, 2.05) is 6.92 Å². The first-order chi connectivity index (χ1) is 20.0. The molecule has 0 spiro atoms. The van der Waals surface area contributed by atoms with Gasteiger partial charge in [-0.1, -0.05) is 54.6 Å². The second-order valence-electron chi connectivity index (χ2n) is 9.98. The zero-order valence-corrected chi connectivity index (χ0v) is 24.3. The van der Waals surface area contributed by atoms with E-state index in [0.717, 1.165) is 11.4 Å². The minimum Gasteiger partial charge on any atom is -0.356 e. The smallest absolute Gasteiger partial charge is 0.202 e. The normalized spacial score (nSPS) is 16.7. The van der Waals surface area contributed by atoms with Gasteiger partial charge in [0.25, 0.3) is 0 Å². The number of benzene rings is 5. The van der Waals surface area contributed by atoms with Crippen molar-refractivity contribution in [2.45, 2.75) is 24.2 Å². The van der Waals surface area contributed by atoms with Crippen LogP contribution in [0.4, 0.5) is 11.4 Å². The number of anilines is 2. The SMILES string of the molecule is CC1OC1OCS(=O)(=O)c1ccc(Nc2ccc([P+](c3ccccc3)(c3ccccc3)c3ccccc3)cc2)cc1. The van der Waals surface area contributed by atoms with Gasteiger partial charge in [0.05, 0.1) is 4.90 Å². The summed E-state index contributed by atoms with van der Waals surface area (Å²) >= 11 is 0. The number of rotatable bonds is 10. The Balaban J connectivity index is 1.30. The van der Waals surface area contributed by atoms with Crippen LogP contribution in [0.5, 0.6) is 0 Å². The van der Waals surface area contributed by atoms with E-state index in [-0.39, 0.29) is 11.0 Å². The van der Waals surface area contributed by atoms with Crippen molar-refractivity contribution in [1.29, 1.82) is 0 Å². The molecule has 1 fully saturated rings. The molecule has 6 rings (SSSR count). The van der Waals surface area contributed by atoms with Crippen molar-refractivity contribution in [3.05, 3.63) is 140 Å². The van der Waals surface area contributed by atoms with Crippen molar-refractivity contribution < 1.29 is 17.9 Å². The number of sulfone groups is 1. The van der Waals surface area contributed by atoms with E-state index in [1.54, 1.807) is 24.3 Å². The topological polar surface area (TPSA) is 67.9 Å². The standard InChI is InChI=1S/C34H31NO4PS/c1-26-34(39-26)38-25-41(36,37)33-23-19-28(20-24-33)35-27-17-21-32(22-18-27)40(29-11-5-2-6-12-29,30-13-7-3-8-14-30)31-15-9-4-10-16-31/h2-24,26,34-35H,25H2,1H3/q+1. The molecule has 2 unspecified atom stereocenters. The fraction of sp³-hybridized carbons (Fsp3) is 0.118. The molecule has 1 saturated heterocycles. The van der Waals surface area contributed by atoms with Gasteiger partial charge in [0.1, 0.15) is 34.6 Å². The predicted molar refractivity (Wildman–Crippen MR) is 168 cm³/mol. The van der Waals surface area contributed by atoms with Crippen molar-refractivity contribution in [3.8, 4) is 0 Å². The summed E-state index contributed by atoms with van der Waals surface area (Å²) in [7, 11) is -5.72. The van der Waals surface area contributed by atoms with E-state index in [0.29, 0.717) is 0 Å². The van der Waals surface area contributed by atoms with Crippen LogP contribution in [-0.4, -0.2) is 26.8 Å². The van der Waals surface area contributed by atoms with Crippen LogP contribution < -0.4 is 26.5 Å². The molecule has 206 valence electrons. The van der Waals surface area contributed by atoms with E-state index in [1.165, 1.54) is 21.2 Å². The van der Waals surface area contributed by atoms with Gasteiger partial charge in [0.2, 0.25) is 9.84 Å². The molecule has 0 aromatic heterocycles. The van der Waals surface area contributed by atoms with Crippen molar-refractivity contribution in [3.63, 3.8) is 0 Å². The third-order valence-electron chi connectivity index (χ3n) is 7.23. The van der Waals surface area contributed by atoms with Crippen LogP contribution in [-0.2, 0) is 19.3 Å². The molecule has 2 atom stereocenters. The zero-order valence-electron chi connectivity index (χ0n) is 22.6. The van der Waals surface area contributed by atoms with E-state index >= 15 is 0 Å². The monoisotopic (exact) mass is 580 g/mol. The number of ether oxygens (including phenoxy) is 2. The molecule has 1 N–H and O–H groups in total. The van der Waals surface area contributed by atoms with E-state index in [9.17, 15) is 8.42 Å². The molecule has 0 bridgehead atoms. The van der Waals surface area contributed by atoms with Crippen LogP contribution in [0.2, 0.25) is 0 Å². The summed E-state index contributed by atoms with van der Waals surface area (Å²) in [5.41, 5.74) is 1.71. The van der Waals surface area contributed by atoms with Gasteiger partial charge < -0.3 is 14.8 Å². The van der Waals surface area contributed by atoms with Crippen LogP contribution >= 0.6 is 7.26 Å². The molecule has 0 aliphatic carbocycles. The first kappa shape index (κ1) is 27.4. The van der Waals surface area contributed by atoms with Crippen LogP contribution in [0, 0.1) is 0 Å². The third kappa shape index (κ3) is 5.70. The highest BCUT2D eigenvalue weighted by Gasteiger charge is 2.47. The molecule has 1 aliphatic rings. The Bertz CT molecular complexity index is 1600. The van der Waals surface area contributed by atoms with Gasteiger partial charge in [0, 0.05) is 11.4 Å². The minimum absolute atomic E-state index is 0.0523. The average molecular weight is 581 g/mol. The van der Waals surface area contributed by atoms with Crippen LogP contribution in [0.15, 0.2) is 144 Å². The molecule has 41 heavy (non-hydrogen) atoms. The lowest BCUT2D eigenvalue weighted by Crippen LogP contribution is -2.38. The molecule has 0 saturated carbocycles. The molecule has 7 heteroatoms. The lowest BCUT2D eigenvalue weighted by Gasteiger charge is -2.27. The van der Waals surface area contributed by atoms with Crippen LogP contribution in [0.1, 0.15) is 6.92 Å². The van der Waals surface area contributed by atoms with Gasteiger partial charge in [0.15, 0.2) is 12.2 Å². The molecular formula is C34H31NO4PS+. The third-order valence-corrected chi connectivity index (χ3v) is 13.0. The largest absolute Gasteiger partial charge is 0.356 e. The highest BCUT2D eigenvalue weighted by molar-refractivity contribution is 8.01. The molecule has 0 radical (unpaired) electrons. The molecule has 1 aliphatic heterocycles. The number of hydrogen-bond acceptors (Lipinski definition) is 5. The Morgan fingerprint density at radius 3 is 1.44 bits per heavy atom. The lowest BCUT2D eigenvalue weighted by molar-refractivity contribution is 0.0801. The maximum Gasteiger partial charge on any atom is 0.202 e. The van der Waals surface area contributed by atoms with Crippen molar-refractivity contribution in [2.75, 3.05) is 11.3 Å². The molecular weight excluding hydrogens is 549 g/mol. The Hall–Kier alpha value is -3.80. The Kier molecular flexibility index (Phi) is 7.74. The summed E-state index contributed by atoms with van der Waals surface area (Å²) in [6, 6.07) is 47.6. The highest BCUT2D eigenvalue weighted by Crippen LogP contribution is 2.54. The minimum atomic E-state index is -3.56. The van der Waals surface area contributed by atoms with Gasteiger partial charge in [-0.3, -0.25) is 0 Å². The summed E-state index contributed by atoms with van der Waals surface area (Å²) in [6.45, 7) is 1.84. The quantitative estimate of drug-likeness (QED) is 0.174. The second-order valence-corrected chi connectivity index (χ2v) is 15.3. The molecule has 0 amide bonds. The fourth-order valence-electron chi connectivity index (χ4n) is 5.10. The van der Waals surface area contributed by atoms with Gasteiger partial charge in [-0.2, -0.15) is 0 Å². The van der Waals surface area contributed by atoms with Gasteiger partial charge in [-0.05, 0) is 91.9 Å². The van der Waals surface area contributed by atoms with Crippen molar-refractivity contribution in [2.24, 2.45) is 0 Å². The van der Waals surface area contributed by atoms with E-state index < -0.39 is 29.3 Å². The summed E-state index contributed by atoms with van der Waals surface area (Å²) in [6.07, 6.45) is -0.482. The van der Waals surface area contributed by atoms with E-state index in [4.69, 9.17) is 9.47 Å². The summed E-state index contributed by atoms with van der Waals surface area (Å²) < 4.78 is 35.7. The average Bonchev–Trinajstić information content (AvgIpc) is 3.74. The Labute approximate surface area is 242 Å². The molecule has 1 heterocycles. The van der Waals surface area contributed by atoms with Gasteiger partial charge >= 0.3 is 0 Å². The Morgan fingerprint density at radius 1 is 0.634 bits per heavy atom. The first-order valence-electron chi connectivity index (χ1n) is 13.5. The second kappa shape index (κ2) is 11.6. The van der Waals surface area contributed by atoms with Crippen LogP contribution in [0.3, 0.4) is 0 Å². The first-order valence-corrected chi connectivity index (χ1v) is 16.9. The summed E-state index contributed by atoms with van der Waals surface area (Å²) in [4.78, 5) is 0.217. The molecule has 5 aromatic carbocycles. The predicted octanol–water partition coefficient (Wildman–Crippen LogP) is 5.54. The number of epoxide rings is 1. The van der Waals surface area contributed by atoms with E-state index in [2.05, 4.69) is 121 Å². The maximum absolute atomic E-state index is 12.6. The maximum atomic E-state index is 12.6. The zero-order chi connectivity index (χ0) is 28.3. The van der Waals surface area contributed by atoms with Crippen molar-refractivity contribution >= 4 is 49.7 Å². The Morgan fingerprint density at radius 2 is 1.02 bits per heavy atom. The van der Waals surface area contributed by atoms with Gasteiger partial charge in [-0.15, -0.1) is 0 Å². The number of hydrogen-bond donors (Lipinski definition) is 1. The molecule has 5 nitrogen and oxygen atoms in total. The lowest BCUT2D eigenvalue weighted by atomic mass is 10.2. The summed E-state index contributed by atoms with van der Waals surface area (Å²) in [5, 5.41) is 8.54. The fourth-order valence-corrected chi connectivity index (χ4v) is 10.3. The highest BCUT2D eigenvalue weighted by atomic mass is 32.2.